The van der Waals surface area contributed by atoms with E-state index < -0.39 is 16.0 Å². The zero-order chi connectivity index (χ0) is 11.5. The number of aliphatic imine (C=N–C) groups is 1. The molecule has 0 amide bonds. The van der Waals surface area contributed by atoms with Gasteiger partial charge in [-0.05, 0) is 18.2 Å². The van der Waals surface area contributed by atoms with Crippen LogP contribution in [0.3, 0.4) is 0 Å². The van der Waals surface area contributed by atoms with Gasteiger partial charge in [0.05, 0.1) is 15.7 Å². The van der Waals surface area contributed by atoms with Crippen molar-refractivity contribution in [3.8, 4) is 0 Å². The Morgan fingerprint density at radius 2 is 2.00 bits per heavy atom. The molecule has 1 aromatic carbocycles. The maximum atomic E-state index is 12.1. The van der Waals surface area contributed by atoms with Crippen LogP contribution in [-0.2, 0) is 10.2 Å². The van der Waals surface area contributed by atoms with Gasteiger partial charge in [0, 0.05) is 6.21 Å². The number of nitrogens with zero attached hydrogens (tertiary/aromatic N) is 1. The SMILES string of the molecule is O=S(=O)(F)CC=Nc1ccc(Cl)c(Cl)c1. The topological polar surface area (TPSA) is 46.5 Å². The summed E-state index contributed by atoms with van der Waals surface area (Å²) in [6.07, 6.45) is 0.953. The molecule has 0 aromatic heterocycles. The van der Waals surface area contributed by atoms with Crippen LogP contribution in [0.5, 0.6) is 0 Å². The molecule has 82 valence electrons. The summed E-state index contributed by atoms with van der Waals surface area (Å²) < 4.78 is 32.3. The number of hydrogen-bond acceptors (Lipinski definition) is 3. The minimum atomic E-state index is -4.52. The molecule has 0 aliphatic rings. The van der Waals surface area contributed by atoms with Crippen LogP contribution in [0.25, 0.3) is 0 Å². The fourth-order valence-electron chi connectivity index (χ4n) is 0.797. The summed E-state index contributed by atoms with van der Waals surface area (Å²) in [4.78, 5) is 3.71. The Kier molecular flexibility index (Phi) is 4.07. The fraction of sp³-hybridized carbons (Fsp3) is 0.125. The molecule has 0 aliphatic heterocycles. The third-order valence-electron chi connectivity index (χ3n) is 1.42. The summed E-state index contributed by atoms with van der Waals surface area (Å²) in [5, 5.41) is 0.670. The second kappa shape index (κ2) is 4.92. The lowest BCUT2D eigenvalue weighted by Crippen LogP contribution is -1.98. The van der Waals surface area contributed by atoms with Gasteiger partial charge in [0.1, 0.15) is 5.75 Å². The van der Waals surface area contributed by atoms with Gasteiger partial charge in [-0.3, -0.25) is 4.99 Å². The van der Waals surface area contributed by atoms with Crippen molar-refractivity contribution < 1.29 is 12.3 Å². The Labute approximate surface area is 96.7 Å². The average molecular weight is 270 g/mol. The van der Waals surface area contributed by atoms with Gasteiger partial charge in [0.15, 0.2) is 0 Å². The predicted octanol–water partition coefficient (Wildman–Crippen LogP) is 3.00. The van der Waals surface area contributed by atoms with Gasteiger partial charge in [-0.15, -0.1) is 3.89 Å². The summed E-state index contributed by atoms with van der Waals surface area (Å²) in [5.41, 5.74) is 0.410. The quantitative estimate of drug-likeness (QED) is 0.626. The Hall–Kier alpha value is -0.650. The van der Waals surface area contributed by atoms with Crippen LogP contribution < -0.4 is 0 Å². The average Bonchev–Trinajstić information content (AvgIpc) is 2.09. The van der Waals surface area contributed by atoms with Gasteiger partial charge >= 0.3 is 10.2 Å². The van der Waals surface area contributed by atoms with E-state index in [1.807, 2.05) is 0 Å². The summed E-state index contributed by atoms with van der Waals surface area (Å²) >= 11 is 11.3. The number of benzene rings is 1. The van der Waals surface area contributed by atoms with Crippen molar-refractivity contribution in [2.45, 2.75) is 0 Å². The van der Waals surface area contributed by atoms with E-state index in [2.05, 4.69) is 4.99 Å². The third-order valence-corrected chi connectivity index (χ3v) is 2.70. The van der Waals surface area contributed by atoms with Crippen LogP contribution in [0.2, 0.25) is 10.0 Å². The van der Waals surface area contributed by atoms with Gasteiger partial charge < -0.3 is 0 Å². The lowest BCUT2D eigenvalue weighted by atomic mass is 10.3. The first-order valence-electron chi connectivity index (χ1n) is 3.78. The predicted molar refractivity (Wildman–Crippen MR) is 59.5 cm³/mol. The summed E-state index contributed by atoms with van der Waals surface area (Å²) in [7, 11) is -4.52. The summed E-state index contributed by atoms with van der Waals surface area (Å²) in [6.45, 7) is 0. The lowest BCUT2D eigenvalue weighted by Gasteiger charge is -1.96. The molecule has 3 nitrogen and oxygen atoms in total. The van der Waals surface area contributed by atoms with E-state index in [0.29, 0.717) is 15.7 Å². The summed E-state index contributed by atoms with van der Waals surface area (Å²) in [6, 6.07) is 4.50. The molecular weight excluding hydrogens is 264 g/mol. The Morgan fingerprint density at radius 1 is 1.33 bits per heavy atom. The first kappa shape index (κ1) is 12.4. The van der Waals surface area contributed by atoms with Crippen molar-refractivity contribution in [3.63, 3.8) is 0 Å². The fourth-order valence-corrected chi connectivity index (χ4v) is 1.34. The van der Waals surface area contributed by atoms with Gasteiger partial charge in [0.2, 0.25) is 0 Å². The maximum absolute atomic E-state index is 12.1. The Balaban J connectivity index is 2.78. The van der Waals surface area contributed by atoms with Crippen molar-refractivity contribution in [1.82, 2.24) is 0 Å². The van der Waals surface area contributed by atoms with E-state index >= 15 is 0 Å². The molecule has 0 atom stereocenters. The standard InChI is InChI=1S/C8H6Cl2FNO2S/c9-7-2-1-6(5-8(7)10)12-3-4-15(11,13)14/h1-3,5H,4H2. The van der Waals surface area contributed by atoms with Crippen molar-refractivity contribution in [3.05, 3.63) is 28.2 Å². The highest BCUT2D eigenvalue weighted by Crippen LogP contribution is 2.26. The van der Waals surface area contributed by atoms with Crippen molar-refractivity contribution in [1.29, 1.82) is 0 Å². The number of halogens is 3. The molecule has 0 heterocycles. The molecule has 0 radical (unpaired) electrons. The van der Waals surface area contributed by atoms with Crippen LogP contribution >= 0.6 is 23.2 Å². The molecule has 1 aromatic rings. The maximum Gasteiger partial charge on any atom is 0.307 e. The monoisotopic (exact) mass is 269 g/mol. The minimum Gasteiger partial charge on any atom is -0.260 e. The van der Waals surface area contributed by atoms with Crippen LogP contribution in [0, 0.1) is 0 Å². The third kappa shape index (κ3) is 4.59. The summed E-state index contributed by atoms with van der Waals surface area (Å²) in [5.74, 6) is -0.757. The molecule has 0 saturated carbocycles. The Morgan fingerprint density at radius 3 is 2.53 bits per heavy atom. The zero-order valence-corrected chi connectivity index (χ0v) is 9.65. The van der Waals surface area contributed by atoms with E-state index in [4.69, 9.17) is 23.2 Å². The van der Waals surface area contributed by atoms with Crippen molar-refractivity contribution in [2.75, 3.05) is 5.75 Å². The second-order valence-corrected chi connectivity index (χ2v) is 4.84. The zero-order valence-electron chi connectivity index (χ0n) is 7.32. The molecule has 0 unspecified atom stereocenters. The molecule has 0 N–H and O–H groups in total. The van der Waals surface area contributed by atoms with E-state index in [1.54, 1.807) is 0 Å². The molecule has 15 heavy (non-hydrogen) atoms. The smallest absolute Gasteiger partial charge is 0.260 e. The first-order valence-corrected chi connectivity index (χ1v) is 6.09. The highest BCUT2D eigenvalue weighted by Gasteiger charge is 2.03. The normalized spacial score (nSPS) is 12.2. The van der Waals surface area contributed by atoms with E-state index in [9.17, 15) is 12.3 Å². The lowest BCUT2D eigenvalue weighted by molar-refractivity contribution is 0.557. The highest BCUT2D eigenvalue weighted by atomic mass is 35.5. The van der Waals surface area contributed by atoms with Crippen LogP contribution in [0.1, 0.15) is 0 Å². The Bertz CT molecular complexity index is 487. The van der Waals surface area contributed by atoms with Gasteiger partial charge in [-0.2, -0.15) is 8.42 Å². The second-order valence-electron chi connectivity index (χ2n) is 2.62. The van der Waals surface area contributed by atoms with Gasteiger partial charge in [-0.25, -0.2) is 0 Å². The molecule has 7 heteroatoms. The van der Waals surface area contributed by atoms with E-state index in [1.165, 1.54) is 18.2 Å². The minimum absolute atomic E-state index is 0.300. The molecule has 0 fully saturated rings. The molecular formula is C8H6Cl2FNO2S. The van der Waals surface area contributed by atoms with Gasteiger partial charge in [-0.1, -0.05) is 23.2 Å². The first-order chi connectivity index (χ1) is 6.88. The van der Waals surface area contributed by atoms with E-state index in [0.717, 1.165) is 6.21 Å². The number of hydrogen-bond donors (Lipinski definition) is 0. The largest absolute Gasteiger partial charge is 0.307 e. The van der Waals surface area contributed by atoms with Crippen LogP contribution in [0.4, 0.5) is 9.57 Å². The molecule has 0 bridgehead atoms. The van der Waals surface area contributed by atoms with Crippen molar-refractivity contribution >= 4 is 45.3 Å². The van der Waals surface area contributed by atoms with E-state index in [-0.39, 0.29) is 0 Å². The molecule has 0 spiro atoms. The molecule has 1 rings (SSSR count). The number of rotatable bonds is 3. The highest BCUT2D eigenvalue weighted by molar-refractivity contribution is 7.87. The van der Waals surface area contributed by atoms with Crippen molar-refractivity contribution in [2.24, 2.45) is 4.99 Å². The molecule has 0 saturated heterocycles. The van der Waals surface area contributed by atoms with Crippen LogP contribution in [-0.4, -0.2) is 20.4 Å². The molecule has 0 aliphatic carbocycles. The van der Waals surface area contributed by atoms with Gasteiger partial charge in [0.25, 0.3) is 0 Å². The van der Waals surface area contributed by atoms with Crippen LogP contribution in [0.15, 0.2) is 23.2 Å².